The summed E-state index contributed by atoms with van der Waals surface area (Å²) in [6.07, 6.45) is 4.76. The summed E-state index contributed by atoms with van der Waals surface area (Å²) in [5, 5.41) is 12.2. The van der Waals surface area contributed by atoms with E-state index < -0.39 is 5.79 Å². The van der Waals surface area contributed by atoms with Gasteiger partial charge in [0, 0.05) is 6.54 Å². The molecule has 0 aromatic heterocycles. The maximum absolute atomic E-state index is 10.8. The van der Waals surface area contributed by atoms with Crippen molar-refractivity contribution >= 4 is 0 Å². The molecule has 1 aromatic rings. The summed E-state index contributed by atoms with van der Waals surface area (Å²) in [4.78, 5) is 0. The lowest BCUT2D eigenvalue weighted by molar-refractivity contribution is -0.200. The number of benzene rings is 1. The molecule has 1 saturated heterocycles. The Morgan fingerprint density at radius 3 is 2.50 bits per heavy atom. The highest BCUT2D eigenvalue weighted by molar-refractivity contribution is 5.14. The summed E-state index contributed by atoms with van der Waals surface area (Å²) < 4.78 is 11.8. The molecule has 1 aliphatic carbocycles. The third-order valence-corrected chi connectivity index (χ3v) is 4.83. The maximum atomic E-state index is 10.8. The number of nitrogens with zero attached hydrogens (tertiary/aromatic N) is 1. The molecule has 0 bridgehead atoms. The van der Waals surface area contributed by atoms with Crippen molar-refractivity contribution in [3.63, 3.8) is 0 Å². The molecule has 1 aromatic carbocycles. The first kappa shape index (κ1) is 15.9. The Labute approximate surface area is 133 Å². The number of hydrogen-bond acceptors (Lipinski definition) is 4. The van der Waals surface area contributed by atoms with Gasteiger partial charge in [0.25, 0.3) is 0 Å². The fourth-order valence-electron chi connectivity index (χ4n) is 3.80. The van der Waals surface area contributed by atoms with Crippen LogP contribution >= 0.6 is 0 Å². The van der Waals surface area contributed by atoms with Gasteiger partial charge < -0.3 is 14.7 Å². The second-order valence-electron chi connectivity index (χ2n) is 6.99. The Kier molecular flexibility index (Phi) is 4.83. The number of hydrogen-bond donors (Lipinski definition) is 1. The molecule has 1 N–H and O–H groups in total. The fraction of sp³-hybridized carbons (Fsp3) is 0.667. The van der Waals surface area contributed by atoms with Gasteiger partial charge in [-0.25, -0.2) is 0 Å². The van der Waals surface area contributed by atoms with Gasteiger partial charge in [-0.1, -0.05) is 43.2 Å². The molecule has 22 heavy (non-hydrogen) atoms. The molecular formula is C18H27NO3. The van der Waals surface area contributed by atoms with Crippen LogP contribution in [0.2, 0.25) is 0 Å². The van der Waals surface area contributed by atoms with E-state index in [4.69, 9.17) is 9.47 Å². The van der Waals surface area contributed by atoms with Crippen molar-refractivity contribution in [3.05, 3.63) is 35.9 Å². The minimum absolute atomic E-state index is 0.00415. The van der Waals surface area contributed by atoms with Gasteiger partial charge in [-0.15, -0.1) is 0 Å². The fourth-order valence-corrected chi connectivity index (χ4v) is 3.80. The summed E-state index contributed by atoms with van der Waals surface area (Å²) in [6, 6.07) is 10.1. The lowest BCUT2D eigenvalue weighted by Crippen LogP contribution is -2.47. The topological polar surface area (TPSA) is 41.9 Å². The second kappa shape index (κ2) is 6.67. The first-order valence-electron chi connectivity index (χ1n) is 8.36. The predicted molar refractivity (Wildman–Crippen MR) is 84.4 cm³/mol. The van der Waals surface area contributed by atoms with Crippen LogP contribution in [0.3, 0.4) is 0 Å². The highest BCUT2D eigenvalue weighted by Crippen LogP contribution is 2.36. The number of ether oxygens (including phenoxy) is 2. The van der Waals surface area contributed by atoms with E-state index in [1.807, 2.05) is 44.2 Å². The maximum Gasteiger partial charge on any atom is 0.163 e. The molecule has 0 spiro atoms. The zero-order valence-corrected chi connectivity index (χ0v) is 13.6. The third kappa shape index (κ3) is 3.69. The standard InChI is InChI=1S/C18H27NO3/c1-18(2)21-13-16(22-18)17(15-10-6-7-11-15)19(20)12-14-8-4-3-5-9-14/h3-5,8-9,15-17,20H,6-7,10-13H2,1-2H3/t16-,17+/m1/s1. The molecule has 4 nitrogen and oxygen atoms in total. The van der Waals surface area contributed by atoms with Crippen LogP contribution in [0, 0.1) is 5.92 Å². The van der Waals surface area contributed by atoms with E-state index in [-0.39, 0.29) is 12.1 Å². The summed E-state index contributed by atoms with van der Waals surface area (Å²) in [5.74, 6) is -0.0639. The Morgan fingerprint density at radius 2 is 1.91 bits per heavy atom. The van der Waals surface area contributed by atoms with E-state index in [9.17, 15) is 5.21 Å². The van der Waals surface area contributed by atoms with Crippen LogP contribution < -0.4 is 0 Å². The first-order chi connectivity index (χ1) is 10.6. The van der Waals surface area contributed by atoms with Gasteiger partial charge in [0.15, 0.2) is 5.79 Å². The molecule has 1 aliphatic heterocycles. The van der Waals surface area contributed by atoms with Crippen LogP contribution in [0.15, 0.2) is 30.3 Å². The van der Waals surface area contributed by atoms with E-state index in [0.717, 1.165) is 18.4 Å². The van der Waals surface area contributed by atoms with Crippen molar-refractivity contribution in [1.29, 1.82) is 0 Å². The molecule has 0 radical (unpaired) electrons. The second-order valence-corrected chi connectivity index (χ2v) is 6.99. The van der Waals surface area contributed by atoms with Gasteiger partial charge in [-0.3, -0.25) is 0 Å². The lowest BCUT2D eigenvalue weighted by atomic mass is 9.93. The number of rotatable bonds is 5. The molecule has 4 heteroatoms. The van der Waals surface area contributed by atoms with Gasteiger partial charge in [0.05, 0.1) is 12.6 Å². The van der Waals surface area contributed by atoms with Crippen molar-refractivity contribution in [1.82, 2.24) is 5.06 Å². The largest absolute Gasteiger partial charge is 0.348 e. The highest BCUT2D eigenvalue weighted by Gasteiger charge is 2.43. The SMILES string of the molecule is CC1(C)OC[C@H]([C@H](C2CCCC2)N(O)Cc2ccccc2)O1. The van der Waals surface area contributed by atoms with Gasteiger partial charge in [-0.2, -0.15) is 5.06 Å². The molecule has 2 aliphatic rings. The quantitative estimate of drug-likeness (QED) is 0.844. The Morgan fingerprint density at radius 1 is 1.23 bits per heavy atom. The van der Waals surface area contributed by atoms with E-state index in [0.29, 0.717) is 19.1 Å². The van der Waals surface area contributed by atoms with Crippen molar-refractivity contribution in [3.8, 4) is 0 Å². The van der Waals surface area contributed by atoms with Gasteiger partial charge in [-0.05, 0) is 38.2 Å². The van der Waals surface area contributed by atoms with Crippen molar-refractivity contribution in [2.75, 3.05) is 6.61 Å². The van der Waals surface area contributed by atoms with Crippen LogP contribution in [0.5, 0.6) is 0 Å². The smallest absolute Gasteiger partial charge is 0.163 e. The molecule has 2 atom stereocenters. The molecule has 3 rings (SSSR count). The van der Waals surface area contributed by atoms with Crippen LogP contribution in [-0.2, 0) is 16.0 Å². The monoisotopic (exact) mass is 305 g/mol. The number of hydroxylamine groups is 2. The van der Waals surface area contributed by atoms with E-state index in [1.165, 1.54) is 17.9 Å². The first-order valence-corrected chi connectivity index (χ1v) is 8.36. The molecule has 1 saturated carbocycles. The summed E-state index contributed by atoms with van der Waals surface area (Å²) in [7, 11) is 0. The van der Waals surface area contributed by atoms with Gasteiger partial charge >= 0.3 is 0 Å². The van der Waals surface area contributed by atoms with Crippen LogP contribution in [0.4, 0.5) is 0 Å². The molecule has 0 unspecified atom stereocenters. The zero-order chi connectivity index (χ0) is 15.6. The average molecular weight is 305 g/mol. The van der Waals surface area contributed by atoms with Crippen LogP contribution in [0.1, 0.15) is 45.1 Å². The molecule has 1 heterocycles. The van der Waals surface area contributed by atoms with E-state index in [1.54, 1.807) is 0 Å². The molecular weight excluding hydrogens is 278 g/mol. The third-order valence-electron chi connectivity index (χ3n) is 4.83. The summed E-state index contributed by atoms with van der Waals surface area (Å²) in [5.41, 5.74) is 1.12. The van der Waals surface area contributed by atoms with Gasteiger partial charge in [0.1, 0.15) is 6.10 Å². The van der Waals surface area contributed by atoms with E-state index >= 15 is 0 Å². The molecule has 122 valence electrons. The van der Waals surface area contributed by atoms with Gasteiger partial charge in [0.2, 0.25) is 0 Å². The zero-order valence-electron chi connectivity index (χ0n) is 13.6. The minimum Gasteiger partial charge on any atom is -0.348 e. The Balaban J connectivity index is 1.73. The average Bonchev–Trinajstić information content (AvgIpc) is 3.11. The van der Waals surface area contributed by atoms with Crippen molar-refractivity contribution in [2.45, 2.75) is 64.0 Å². The molecule has 0 amide bonds. The van der Waals surface area contributed by atoms with E-state index in [2.05, 4.69) is 0 Å². The summed E-state index contributed by atoms with van der Waals surface area (Å²) >= 11 is 0. The van der Waals surface area contributed by atoms with Crippen LogP contribution in [0.25, 0.3) is 0 Å². The van der Waals surface area contributed by atoms with Crippen molar-refractivity contribution in [2.24, 2.45) is 5.92 Å². The van der Waals surface area contributed by atoms with Crippen molar-refractivity contribution < 1.29 is 14.7 Å². The lowest BCUT2D eigenvalue weighted by Gasteiger charge is -2.35. The molecule has 2 fully saturated rings. The Hall–Kier alpha value is -0.940. The minimum atomic E-state index is -0.547. The predicted octanol–water partition coefficient (Wildman–Crippen LogP) is 3.59. The summed E-state index contributed by atoms with van der Waals surface area (Å²) in [6.45, 7) is 4.97. The van der Waals surface area contributed by atoms with Crippen LogP contribution in [-0.4, -0.2) is 34.8 Å². The normalized spacial score (nSPS) is 26.6. The Bertz CT molecular complexity index is 470. The highest BCUT2D eigenvalue weighted by atomic mass is 16.7.